The molecule has 1 heterocycles. The highest BCUT2D eigenvalue weighted by Crippen LogP contribution is 2.22. The average molecular weight is 369 g/mol. The van der Waals surface area contributed by atoms with Gasteiger partial charge < -0.3 is 4.90 Å². The highest BCUT2D eigenvalue weighted by Gasteiger charge is 2.15. The molecule has 6 heteroatoms. The molecule has 3 nitrogen and oxygen atoms in total. The highest BCUT2D eigenvalue weighted by molar-refractivity contribution is 6.42. The van der Waals surface area contributed by atoms with Gasteiger partial charge in [0, 0.05) is 23.8 Å². The van der Waals surface area contributed by atoms with Gasteiger partial charge in [-0.05, 0) is 42.0 Å². The fourth-order valence-corrected chi connectivity index (χ4v) is 2.89. The van der Waals surface area contributed by atoms with Gasteiger partial charge in [0.05, 0.1) is 29.3 Å². The molecular weight excluding hydrogens is 353 g/mol. The molecule has 0 saturated carbocycles. The standard InChI is InChI=1S/C17H16Cl3N3/c18-14-2-4-15(5-3-14)22-7-9-23(10-8-22)21-12-13-1-6-16(19)17(20)11-13/h1-6,11-12H,7-10H2/b21-12+. The van der Waals surface area contributed by atoms with E-state index in [0.717, 1.165) is 36.8 Å². The summed E-state index contributed by atoms with van der Waals surface area (Å²) < 4.78 is 0. The fourth-order valence-electron chi connectivity index (χ4n) is 2.46. The number of hydrazone groups is 1. The summed E-state index contributed by atoms with van der Waals surface area (Å²) in [6.45, 7) is 3.61. The van der Waals surface area contributed by atoms with Gasteiger partial charge in [-0.1, -0.05) is 40.9 Å². The van der Waals surface area contributed by atoms with Crippen molar-refractivity contribution >= 4 is 46.7 Å². The molecule has 1 fully saturated rings. The lowest BCUT2D eigenvalue weighted by Crippen LogP contribution is -2.44. The number of benzene rings is 2. The molecule has 3 rings (SSSR count). The second-order valence-electron chi connectivity index (χ2n) is 5.34. The highest BCUT2D eigenvalue weighted by atomic mass is 35.5. The quantitative estimate of drug-likeness (QED) is 0.724. The summed E-state index contributed by atoms with van der Waals surface area (Å²) in [5, 5.41) is 8.45. The van der Waals surface area contributed by atoms with E-state index in [4.69, 9.17) is 34.8 Å². The molecule has 0 bridgehead atoms. The van der Waals surface area contributed by atoms with Crippen molar-refractivity contribution in [1.29, 1.82) is 0 Å². The summed E-state index contributed by atoms with van der Waals surface area (Å²) in [6.07, 6.45) is 1.82. The zero-order chi connectivity index (χ0) is 16.2. The van der Waals surface area contributed by atoms with Crippen LogP contribution in [0.15, 0.2) is 47.6 Å². The minimum absolute atomic E-state index is 0.545. The van der Waals surface area contributed by atoms with Crippen molar-refractivity contribution in [3.63, 3.8) is 0 Å². The van der Waals surface area contributed by atoms with Crippen LogP contribution in [0.1, 0.15) is 5.56 Å². The van der Waals surface area contributed by atoms with Crippen LogP contribution in [-0.2, 0) is 0 Å². The Labute approximate surface area is 151 Å². The van der Waals surface area contributed by atoms with Gasteiger partial charge in [-0.3, -0.25) is 5.01 Å². The van der Waals surface area contributed by atoms with Crippen LogP contribution >= 0.6 is 34.8 Å². The maximum absolute atomic E-state index is 6.01. The topological polar surface area (TPSA) is 18.8 Å². The molecular formula is C17H16Cl3N3. The van der Waals surface area contributed by atoms with Crippen LogP contribution in [0.3, 0.4) is 0 Å². The van der Waals surface area contributed by atoms with E-state index in [1.54, 1.807) is 6.07 Å². The second-order valence-corrected chi connectivity index (χ2v) is 6.59. The number of rotatable bonds is 3. The summed E-state index contributed by atoms with van der Waals surface area (Å²) in [6, 6.07) is 13.5. The molecule has 0 aliphatic carbocycles. The Morgan fingerprint density at radius 2 is 1.52 bits per heavy atom. The van der Waals surface area contributed by atoms with Crippen molar-refractivity contribution < 1.29 is 0 Å². The average Bonchev–Trinajstić information content (AvgIpc) is 2.57. The van der Waals surface area contributed by atoms with Gasteiger partial charge in [0.25, 0.3) is 0 Å². The number of piperazine rings is 1. The fraction of sp³-hybridized carbons (Fsp3) is 0.235. The lowest BCUT2D eigenvalue weighted by molar-refractivity contribution is 0.272. The molecule has 0 aromatic heterocycles. The third-order valence-electron chi connectivity index (χ3n) is 3.76. The van der Waals surface area contributed by atoms with Crippen molar-refractivity contribution in [3.8, 4) is 0 Å². The maximum atomic E-state index is 6.01. The van der Waals surface area contributed by atoms with E-state index in [1.807, 2.05) is 30.5 Å². The molecule has 2 aromatic carbocycles. The summed E-state index contributed by atoms with van der Waals surface area (Å²) in [5.41, 5.74) is 2.14. The molecule has 0 amide bonds. The molecule has 2 aromatic rings. The van der Waals surface area contributed by atoms with Gasteiger partial charge in [-0.25, -0.2) is 0 Å². The first-order chi connectivity index (χ1) is 11.1. The Balaban J connectivity index is 1.57. The first-order valence-electron chi connectivity index (χ1n) is 7.36. The molecule has 0 spiro atoms. The van der Waals surface area contributed by atoms with Crippen LogP contribution in [0.4, 0.5) is 5.69 Å². The molecule has 0 unspecified atom stereocenters. The molecule has 0 atom stereocenters. The van der Waals surface area contributed by atoms with Gasteiger partial charge in [0.2, 0.25) is 0 Å². The minimum Gasteiger partial charge on any atom is -0.368 e. The molecule has 23 heavy (non-hydrogen) atoms. The van der Waals surface area contributed by atoms with E-state index >= 15 is 0 Å². The van der Waals surface area contributed by atoms with E-state index in [2.05, 4.69) is 27.1 Å². The zero-order valence-electron chi connectivity index (χ0n) is 12.4. The van der Waals surface area contributed by atoms with Crippen LogP contribution in [0.2, 0.25) is 15.1 Å². The molecule has 1 aliphatic rings. The number of anilines is 1. The number of nitrogens with zero attached hydrogens (tertiary/aromatic N) is 3. The number of hydrogen-bond donors (Lipinski definition) is 0. The van der Waals surface area contributed by atoms with Crippen LogP contribution in [0, 0.1) is 0 Å². The third-order valence-corrected chi connectivity index (χ3v) is 4.75. The molecule has 120 valence electrons. The van der Waals surface area contributed by atoms with Gasteiger partial charge in [0.1, 0.15) is 0 Å². The Morgan fingerprint density at radius 1 is 0.826 bits per heavy atom. The SMILES string of the molecule is Clc1ccc(N2CCN(/N=C/c3ccc(Cl)c(Cl)c3)CC2)cc1. The normalized spacial score (nSPS) is 15.4. The molecule has 0 N–H and O–H groups in total. The molecule has 1 aliphatic heterocycles. The Kier molecular flexibility index (Phi) is 5.31. The van der Waals surface area contributed by atoms with Crippen LogP contribution in [-0.4, -0.2) is 37.4 Å². The summed E-state index contributed by atoms with van der Waals surface area (Å²) in [4.78, 5) is 2.33. The lowest BCUT2D eigenvalue weighted by Gasteiger charge is -2.34. The zero-order valence-corrected chi connectivity index (χ0v) is 14.7. The lowest BCUT2D eigenvalue weighted by atomic mass is 10.2. The van der Waals surface area contributed by atoms with E-state index < -0.39 is 0 Å². The Bertz CT molecular complexity index is 693. The van der Waals surface area contributed by atoms with E-state index in [1.165, 1.54) is 5.69 Å². The van der Waals surface area contributed by atoms with Crippen molar-refractivity contribution in [2.24, 2.45) is 5.10 Å². The van der Waals surface area contributed by atoms with Crippen LogP contribution in [0.25, 0.3) is 0 Å². The van der Waals surface area contributed by atoms with Crippen molar-refractivity contribution in [2.75, 3.05) is 31.1 Å². The first kappa shape index (κ1) is 16.4. The van der Waals surface area contributed by atoms with E-state index in [0.29, 0.717) is 10.0 Å². The Hall–Kier alpha value is -1.42. The van der Waals surface area contributed by atoms with Crippen LogP contribution < -0.4 is 4.90 Å². The van der Waals surface area contributed by atoms with E-state index in [9.17, 15) is 0 Å². The van der Waals surface area contributed by atoms with Crippen molar-refractivity contribution in [2.45, 2.75) is 0 Å². The van der Waals surface area contributed by atoms with E-state index in [-0.39, 0.29) is 0 Å². The van der Waals surface area contributed by atoms with Gasteiger partial charge in [-0.2, -0.15) is 5.10 Å². The summed E-state index contributed by atoms with van der Waals surface area (Å²) in [5.74, 6) is 0. The maximum Gasteiger partial charge on any atom is 0.0598 e. The predicted octanol–water partition coefficient (Wildman–Crippen LogP) is 4.80. The predicted molar refractivity (Wildman–Crippen MR) is 99.3 cm³/mol. The molecule has 1 saturated heterocycles. The number of halogens is 3. The van der Waals surface area contributed by atoms with Gasteiger partial charge >= 0.3 is 0 Å². The van der Waals surface area contributed by atoms with Gasteiger partial charge in [0.15, 0.2) is 0 Å². The monoisotopic (exact) mass is 367 g/mol. The van der Waals surface area contributed by atoms with Crippen molar-refractivity contribution in [1.82, 2.24) is 5.01 Å². The number of hydrogen-bond acceptors (Lipinski definition) is 3. The third kappa shape index (κ3) is 4.31. The minimum atomic E-state index is 0.545. The van der Waals surface area contributed by atoms with Crippen molar-refractivity contribution in [3.05, 3.63) is 63.1 Å². The molecule has 0 radical (unpaired) electrons. The Morgan fingerprint density at radius 3 is 2.17 bits per heavy atom. The van der Waals surface area contributed by atoms with Gasteiger partial charge in [-0.15, -0.1) is 0 Å². The first-order valence-corrected chi connectivity index (χ1v) is 8.50. The summed E-state index contributed by atoms with van der Waals surface area (Å²) in [7, 11) is 0. The van der Waals surface area contributed by atoms with Crippen LogP contribution in [0.5, 0.6) is 0 Å². The largest absolute Gasteiger partial charge is 0.368 e. The smallest absolute Gasteiger partial charge is 0.0598 e. The summed E-state index contributed by atoms with van der Waals surface area (Å²) >= 11 is 17.9. The second kappa shape index (κ2) is 7.43.